The van der Waals surface area contributed by atoms with Crippen LogP contribution in [0.2, 0.25) is 0 Å². The minimum atomic E-state index is -0.0841. The molecule has 2 aromatic rings. The molecule has 0 spiro atoms. The molecule has 1 fully saturated rings. The molecule has 1 aliphatic carbocycles. The van der Waals surface area contributed by atoms with Crippen molar-refractivity contribution in [3.8, 4) is 11.1 Å². The highest BCUT2D eigenvalue weighted by molar-refractivity contribution is 5.77. The van der Waals surface area contributed by atoms with Crippen molar-refractivity contribution in [2.75, 3.05) is 13.2 Å². The van der Waals surface area contributed by atoms with Crippen molar-refractivity contribution < 1.29 is 9.53 Å². The first kappa shape index (κ1) is 16.3. The molecule has 130 valence electrons. The maximum Gasteiger partial charge on any atom is 0.323 e. The fraction of sp³-hybridized carbons (Fsp3) is 0.409. The largest absolute Gasteiger partial charge is 0.465 e. The van der Waals surface area contributed by atoms with E-state index in [1.165, 1.54) is 27.8 Å². The SMILES string of the molecule is CCOC(=O)C1CCCCN1Cc1ccc2c(c1)Cc1ccccc1-2. The van der Waals surface area contributed by atoms with Gasteiger partial charge in [0.25, 0.3) is 0 Å². The van der Waals surface area contributed by atoms with Crippen LogP contribution in [-0.2, 0) is 22.5 Å². The molecule has 1 saturated heterocycles. The Morgan fingerprint density at radius 1 is 1.12 bits per heavy atom. The Morgan fingerprint density at radius 2 is 1.96 bits per heavy atom. The summed E-state index contributed by atoms with van der Waals surface area (Å²) in [5.41, 5.74) is 6.84. The molecule has 4 rings (SSSR count). The van der Waals surface area contributed by atoms with E-state index < -0.39 is 0 Å². The number of ether oxygens (including phenoxy) is 1. The van der Waals surface area contributed by atoms with Gasteiger partial charge in [-0.3, -0.25) is 9.69 Å². The van der Waals surface area contributed by atoms with Gasteiger partial charge < -0.3 is 4.74 Å². The smallest absolute Gasteiger partial charge is 0.323 e. The molecule has 1 heterocycles. The molecular weight excluding hydrogens is 310 g/mol. The number of nitrogens with zero attached hydrogens (tertiary/aromatic N) is 1. The van der Waals surface area contributed by atoms with Gasteiger partial charge in [0, 0.05) is 6.54 Å². The van der Waals surface area contributed by atoms with Crippen LogP contribution in [0.4, 0.5) is 0 Å². The highest BCUT2D eigenvalue weighted by atomic mass is 16.5. The van der Waals surface area contributed by atoms with Crippen LogP contribution in [0.15, 0.2) is 42.5 Å². The number of carbonyl (C=O) groups is 1. The zero-order valence-corrected chi connectivity index (χ0v) is 14.8. The van der Waals surface area contributed by atoms with Gasteiger partial charge in [0.2, 0.25) is 0 Å². The van der Waals surface area contributed by atoms with E-state index in [9.17, 15) is 4.79 Å². The van der Waals surface area contributed by atoms with Crippen molar-refractivity contribution in [3.05, 3.63) is 59.2 Å². The maximum absolute atomic E-state index is 12.3. The van der Waals surface area contributed by atoms with Crippen LogP contribution in [-0.4, -0.2) is 30.1 Å². The Labute approximate surface area is 149 Å². The average Bonchev–Trinajstić information content (AvgIpc) is 3.00. The number of rotatable bonds is 4. The van der Waals surface area contributed by atoms with E-state index in [2.05, 4.69) is 47.4 Å². The molecule has 0 aromatic heterocycles. The monoisotopic (exact) mass is 335 g/mol. The van der Waals surface area contributed by atoms with Crippen LogP contribution < -0.4 is 0 Å². The normalized spacial score (nSPS) is 19.3. The molecule has 0 N–H and O–H groups in total. The summed E-state index contributed by atoms with van der Waals surface area (Å²) in [7, 11) is 0. The number of benzene rings is 2. The lowest BCUT2D eigenvalue weighted by atomic mass is 9.99. The number of carbonyl (C=O) groups excluding carboxylic acids is 1. The summed E-state index contributed by atoms with van der Waals surface area (Å²) in [6.07, 6.45) is 4.20. The van der Waals surface area contributed by atoms with Crippen LogP contribution >= 0.6 is 0 Å². The quantitative estimate of drug-likeness (QED) is 0.670. The minimum absolute atomic E-state index is 0.0595. The second-order valence-electron chi connectivity index (χ2n) is 7.06. The highest BCUT2D eigenvalue weighted by Gasteiger charge is 2.30. The van der Waals surface area contributed by atoms with Crippen molar-refractivity contribution >= 4 is 5.97 Å². The Morgan fingerprint density at radius 3 is 2.84 bits per heavy atom. The van der Waals surface area contributed by atoms with E-state index in [0.29, 0.717) is 6.61 Å². The average molecular weight is 335 g/mol. The van der Waals surface area contributed by atoms with Gasteiger partial charge in [0.05, 0.1) is 6.61 Å². The third-order valence-corrected chi connectivity index (χ3v) is 5.42. The third kappa shape index (κ3) is 3.21. The van der Waals surface area contributed by atoms with Gasteiger partial charge in [-0.2, -0.15) is 0 Å². The van der Waals surface area contributed by atoms with Crippen LogP contribution in [0, 0.1) is 0 Å². The van der Waals surface area contributed by atoms with E-state index in [1.807, 2.05) is 6.92 Å². The fourth-order valence-corrected chi connectivity index (χ4v) is 4.22. The molecule has 0 amide bonds. The Balaban J connectivity index is 1.53. The van der Waals surface area contributed by atoms with Crippen LogP contribution in [0.3, 0.4) is 0 Å². The van der Waals surface area contributed by atoms with E-state index in [0.717, 1.165) is 38.8 Å². The predicted molar refractivity (Wildman–Crippen MR) is 99.4 cm³/mol. The zero-order valence-electron chi connectivity index (χ0n) is 14.8. The number of hydrogen-bond donors (Lipinski definition) is 0. The molecule has 2 aromatic carbocycles. The summed E-state index contributed by atoms with van der Waals surface area (Å²) in [6.45, 7) is 4.14. The molecule has 2 aliphatic rings. The zero-order chi connectivity index (χ0) is 17.2. The molecule has 3 heteroatoms. The van der Waals surface area contributed by atoms with E-state index in [1.54, 1.807) is 0 Å². The van der Waals surface area contributed by atoms with Gasteiger partial charge >= 0.3 is 5.97 Å². The topological polar surface area (TPSA) is 29.5 Å². The first-order chi connectivity index (χ1) is 12.3. The number of piperidine rings is 1. The van der Waals surface area contributed by atoms with Crippen molar-refractivity contribution in [2.45, 2.75) is 45.2 Å². The second kappa shape index (κ2) is 7.01. The minimum Gasteiger partial charge on any atom is -0.465 e. The van der Waals surface area contributed by atoms with E-state index in [4.69, 9.17) is 4.74 Å². The summed E-state index contributed by atoms with van der Waals surface area (Å²) in [6, 6.07) is 15.4. The van der Waals surface area contributed by atoms with Gasteiger partial charge in [0.1, 0.15) is 6.04 Å². The van der Waals surface area contributed by atoms with Crippen molar-refractivity contribution in [2.24, 2.45) is 0 Å². The number of fused-ring (bicyclic) bond motifs is 3. The Kier molecular flexibility index (Phi) is 4.58. The molecule has 1 atom stereocenters. The van der Waals surface area contributed by atoms with Gasteiger partial charge in [-0.25, -0.2) is 0 Å². The third-order valence-electron chi connectivity index (χ3n) is 5.42. The molecule has 0 radical (unpaired) electrons. The van der Waals surface area contributed by atoms with Crippen LogP contribution in [0.5, 0.6) is 0 Å². The molecular formula is C22H25NO2. The van der Waals surface area contributed by atoms with Gasteiger partial charge in [-0.05, 0) is 60.5 Å². The van der Waals surface area contributed by atoms with Crippen molar-refractivity contribution in [1.29, 1.82) is 0 Å². The molecule has 25 heavy (non-hydrogen) atoms. The van der Waals surface area contributed by atoms with Crippen molar-refractivity contribution in [1.82, 2.24) is 4.90 Å². The number of esters is 1. The van der Waals surface area contributed by atoms with Gasteiger partial charge in [-0.15, -0.1) is 0 Å². The van der Waals surface area contributed by atoms with Gasteiger partial charge in [0.15, 0.2) is 0 Å². The molecule has 0 saturated carbocycles. The summed E-state index contributed by atoms with van der Waals surface area (Å²) in [4.78, 5) is 14.6. The first-order valence-electron chi connectivity index (χ1n) is 9.37. The number of hydrogen-bond acceptors (Lipinski definition) is 3. The molecule has 1 aliphatic heterocycles. The molecule has 3 nitrogen and oxygen atoms in total. The lowest BCUT2D eigenvalue weighted by molar-refractivity contribution is -0.151. The fourth-order valence-electron chi connectivity index (χ4n) is 4.22. The van der Waals surface area contributed by atoms with Crippen molar-refractivity contribution in [3.63, 3.8) is 0 Å². The summed E-state index contributed by atoms with van der Waals surface area (Å²) < 4.78 is 5.29. The number of likely N-dealkylation sites (tertiary alicyclic amines) is 1. The second-order valence-corrected chi connectivity index (χ2v) is 7.06. The van der Waals surface area contributed by atoms with Gasteiger partial charge in [-0.1, -0.05) is 48.9 Å². The maximum atomic E-state index is 12.3. The van der Waals surface area contributed by atoms with E-state index >= 15 is 0 Å². The van der Waals surface area contributed by atoms with Crippen LogP contribution in [0.1, 0.15) is 42.9 Å². The van der Waals surface area contributed by atoms with Crippen LogP contribution in [0.25, 0.3) is 11.1 Å². The lowest BCUT2D eigenvalue weighted by Gasteiger charge is -2.34. The summed E-state index contributed by atoms with van der Waals surface area (Å²) >= 11 is 0. The Bertz CT molecular complexity index is 783. The van der Waals surface area contributed by atoms with E-state index in [-0.39, 0.29) is 12.0 Å². The molecule has 0 bridgehead atoms. The highest BCUT2D eigenvalue weighted by Crippen LogP contribution is 2.37. The molecule has 1 unspecified atom stereocenters. The first-order valence-corrected chi connectivity index (χ1v) is 9.37. The standard InChI is InChI=1S/C22H25NO2/c1-2-25-22(24)21-9-5-6-12-23(21)15-16-10-11-20-18(13-16)14-17-7-3-4-8-19(17)20/h3-4,7-8,10-11,13,21H,2,5-6,9,12,14-15H2,1H3. The Hall–Kier alpha value is -2.13. The summed E-state index contributed by atoms with van der Waals surface area (Å²) in [5, 5.41) is 0. The predicted octanol–water partition coefficient (Wildman–Crippen LogP) is 4.18. The summed E-state index contributed by atoms with van der Waals surface area (Å²) in [5.74, 6) is -0.0595. The lowest BCUT2D eigenvalue weighted by Crippen LogP contribution is -2.44.